The molecule has 1 heterocycles. The summed E-state index contributed by atoms with van der Waals surface area (Å²) < 4.78 is 36.9. The summed E-state index contributed by atoms with van der Waals surface area (Å²) in [7, 11) is -2.20. The van der Waals surface area contributed by atoms with Gasteiger partial charge in [-0.3, -0.25) is 0 Å². The fourth-order valence-corrected chi connectivity index (χ4v) is 3.94. The van der Waals surface area contributed by atoms with E-state index in [1.165, 1.54) is 7.11 Å². The minimum atomic E-state index is -3.66. The molecule has 0 fully saturated rings. The number of rotatable bonds is 3. The number of fused-ring (bicyclic) bond motifs is 1. The highest BCUT2D eigenvalue weighted by molar-refractivity contribution is 7.91. The largest absolute Gasteiger partial charge is 0.495 e. The van der Waals surface area contributed by atoms with Gasteiger partial charge in [0.2, 0.25) is 9.84 Å². The molecule has 0 aromatic heterocycles. The molecule has 5 heteroatoms. The molecule has 23 heavy (non-hydrogen) atoms. The first-order valence-corrected chi connectivity index (χ1v) is 8.72. The van der Waals surface area contributed by atoms with E-state index in [0.717, 1.165) is 5.56 Å². The van der Waals surface area contributed by atoms with E-state index in [4.69, 9.17) is 9.47 Å². The summed E-state index contributed by atoms with van der Waals surface area (Å²) in [5.41, 5.74) is 0.289. The molecule has 2 aromatic carbocycles. The van der Waals surface area contributed by atoms with E-state index in [1.54, 1.807) is 42.5 Å². The molecule has 0 unspecified atom stereocenters. The Labute approximate surface area is 136 Å². The van der Waals surface area contributed by atoms with Gasteiger partial charge in [-0.15, -0.1) is 0 Å². The van der Waals surface area contributed by atoms with Crippen LogP contribution >= 0.6 is 0 Å². The molecule has 1 aliphatic heterocycles. The van der Waals surface area contributed by atoms with E-state index in [-0.39, 0.29) is 15.5 Å². The van der Waals surface area contributed by atoms with Gasteiger partial charge in [-0.2, -0.15) is 0 Å². The van der Waals surface area contributed by atoms with Gasteiger partial charge in [0, 0.05) is 11.6 Å². The first kappa shape index (κ1) is 15.6. The van der Waals surface area contributed by atoms with Crippen LogP contribution in [0.2, 0.25) is 0 Å². The maximum Gasteiger partial charge on any atom is 0.210 e. The third kappa shape index (κ3) is 2.84. The van der Waals surface area contributed by atoms with E-state index in [2.05, 4.69) is 0 Å². The molecule has 0 spiro atoms. The van der Waals surface area contributed by atoms with Crippen LogP contribution in [-0.2, 0) is 9.84 Å². The number of ether oxygens (including phenoxy) is 2. The van der Waals surface area contributed by atoms with Crippen molar-refractivity contribution in [3.63, 3.8) is 0 Å². The zero-order valence-corrected chi connectivity index (χ0v) is 14.1. The van der Waals surface area contributed by atoms with Gasteiger partial charge in [-0.25, -0.2) is 8.42 Å². The smallest absolute Gasteiger partial charge is 0.210 e. The summed E-state index contributed by atoms with van der Waals surface area (Å²) >= 11 is 0. The van der Waals surface area contributed by atoms with Crippen molar-refractivity contribution in [1.29, 1.82) is 0 Å². The molecule has 0 atom stereocenters. The summed E-state index contributed by atoms with van der Waals surface area (Å²) in [5.74, 6) is 0.889. The van der Waals surface area contributed by atoms with Crippen molar-refractivity contribution < 1.29 is 17.9 Å². The molecule has 0 radical (unpaired) electrons. The second-order valence-electron chi connectivity index (χ2n) is 5.90. The predicted octanol–water partition coefficient (Wildman–Crippen LogP) is 3.71. The molecule has 4 nitrogen and oxygen atoms in total. The zero-order chi connectivity index (χ0) is 16.7. The van der Waals surface area contributed by atoms with Gasteiger partial charge in [0.15, 0.2) is 0 Å². The monoisotopic (exact) mass is 330 g/mol. The summed E-state index contributed by atoms with van der Waals surface area (Å²) in [6.45, 7) is 3.88. The fraction of sp³-hybridized carbons (Fsp3) is 0.222. The summed E-state index contributed by atoms with van der Waals surface area (Å²) in [6.07, 6.45) is 3.78. The SMILES string of the molecule is COc1cc2c(cc1S(=O)(=O)c1ccccc1)C=CC(C)(C)O2. The Balaban J connectivity index is 2.18. The van der Waals surface area contributed by atoms with Crippen LogP contribution in [-0.4, -0.2) is 21.1 Å². The number of hydrogen-bond acceptors (Lipinski definition) is 4. The van der Waals surface area contributed by atoms with Gasteiger partial charge >= 0.3 is 0 Å². The van der Waals surface area contributed by atoms with Crippen LogP contribution in [0.25, 0.3) is 6.08 Å². The van der Waals surface area contributed by atoms with Crippen molar-refractivity contribution in [3.8, 4) is 11.5 Å². The van der Waals surface area contributed by atoms with Crippen LogP contribution in [0.1, 0.15) is 19.4 Å². The molecule has 0 bridgehead atoms. The second kappa shape index (κ2) is 5.42. The second-order valence-corrected chi connectivity index (χ2v) is 7.81. The van der Waals surface area contributed by atoms with Crippen LogP contribution in [0.4, 0.5) is 0 Å². The van der Waals surface area contributed by atoms with Crippen LogP contribution in [0.5, 0.6) is 11.5 Å². The van der Waals surface area contributed by atoms with E-state index < -0.39 is 15.4 Å². The van der Waals surface area contributed by atoms with Crippen molar-refractivity contribution in [2.24, 2.45) is 0 Å². The average molecular weight is 330 g/mol. The highest BCUT2D eigenvalue weighted by Crippen LogP contribution is 2.39. The van der Waals surface area contributed by atoms with Crippen molar-refractivity contribution in [3.05, 3.63) is 54.1 Å². The van der Waals surface area contributed by atoms with Gasteiger partial charge in [-0.05, 0) is 38.1 Å². The fourth-order valence-electron chi connectivity index (χ4n) is 2.48. The molecule has 0 saturated carbocycles. The van der Waals surface area contributed by atoms with Crippen molar-refractivity contribution in [2.75, 3.05) is 7.11 Å². The lowest BCUT2D eigenvalue weighted by Crippen LogP contribution is -2.27. The van der Waals surface area contributed by atoms with E-state index >= 15 is 0 Å². The summed E-state index contributed by atoms with van der Waals surface area (Å²) in [4.78, 5) is 0.372. The quantitative estimate of drug-likeness (QED) is 0.861. The van der Waals surface area contributed by atoms with E-state index in [9.17, 15) is 8.42 Å². The predicted molar refractivity (Wildman–Crippen MR) is 88.6 cm³/mol. The number of hydrogen-bond donors (Lipinski definition) is 0. The topological polar surface area (TPSA) is 52.6 Å². The Morgan fingerprint density at radius 1 is 1.09 bits per heavy atom. The van der Waals surface area contributed by atoms with Gasteiger partial charge in [-0.1, -0.05) is 24.3 Å². The Morgan fingerprint density at radius 2 is 1.78 bits per heavy atom. The Hall–Kier alpha value is -2.27. The molecule has 120 valence electrons. The summed E-state index contributed by atoms with van der Waals surface area (Å²) in [6, 6.07) is 11.6. The molecule has 0 amide bonds. The molecular weight excluding hydrogens is 312 g/mol. The van der Waals surface area contributed by atoms with Gasteiger partial charge in [0.1, 0.15) is 22.0 Å². The average Bonchev–Trinajstić information content (AvgIpc) is 2.53. The Kier molecular flexibility index (Phi) is 3.68. The molecule has 0 N–H and O–H groups in total. The Bertz CT molecular complexity index is 865. The minimum Gasteiger partial charge on any atom is -0.495 e. The van der Waals surface area contributed by atoms with E-state index in [1.807, 2.05) is 26.0 Å². The molecule has 0 aliphatic carbocycles. The Morgan fingerprint density at radius 3 is 2.43 bits per heavy atom. The lowest BCUT2D eigenvalue weighted by molar-refractivity contribution is 0.158. The lowest BCUT2D eigenvalue weighted by Gasteiger charge is -2.28. The molecule has 3 rings (SSSR count). The summed E-state index contributed by atoms with van der Waals surface area (Å²) in [5, 5.41) is 0. The standard InChI is InChI=1S/C18H18O4S/c1-18(2)10-9-13-11-17(16(21-3)12-15(13)22-18)23(19,20)14-7-5-4-6-8-14/h4-12H,1-3H3. The van der Waals surface area contributed by atoms with E-state index in [0.29, 0.717) is 5.75 Å². The maximum absolute atomic E-state index is 12.9. The van der Waals surface area contributed by atoms with Crippen molar-refractivity contribution >= 4 is 15.9 Å². The lowest BCUT2D eigenvalue weighted by atomic mass is 10.0. The highest BCUT2D eigenvalue weighted by atomic mass is 32.2. The maximum atomic E-state index is 12.9. The first-order chi connectivity index (χ1) is 10.8. The molecule has 2 aromatic rings. The zero-order valence-electron chi connectivity index (χ0n) is 13.2. The number of benzene rings is 2. The van der Waals surface area contributed by atoms with Crippen LogP contribution in [0, 0.1) is 0 Å². The van der Waals surface area contributed by atoms with Crippen LogP contribution in [0.15, 0.2) is 58.3 Å². The number of methoxy groups -OCH3 is 1. The van der Waals surface area contributed by atoms with Gasteiger partial charge in [0.25, 0.3) is 0 Å². The molecular formula is C18H18O4S. The first-order valence-electron chi connectivity index (χ1n) is 7.24. The van der Waals surface area contributed by atoms with Crippen LogP contribution in [0.3, 0.4) is 0 Å². The molecule has 1 aliphatic rings. The van der Waals surface area contributed by atoms with Gasteiger partial charge in [0.05, 0.1) is 12.0 Å². The third-order valence-electron chi connectivity index (χ3n) is 3.68. The van der Waals surface area contributed by atoms with Crippen LogP contribution < -0.4 is 9.47 Å². The van der Waals surface area contributed by atoms with Gasteiger partial charge < -0.3 is 9.47 Å². The minimum absolute atomic E-state index is 0.137. The van der Waals surface area contributed by atoms with Crippen molar-refractivity contribution in [1.82, 2.24) is 0 Å². The normalized spacial score (nSPS) is 15.6. The van der Waals surface area contributed by atoms with Crippen molar-refractivity contribution in [2.45, 2.75) is 29.2 Å². The third-order valence-corrected chi connectivity index (χ3v) is 5.47. The molecule has 0 saturated heterocycles. The number of sulfone groups is 1. The highest BCUT2D eigenvalue weighted by Gasteiger charge is 2.28.